The van der Waals surface area contributed by atoms with Gasteiger partial charge in [-0.3, -0.25) is 4.90 Å². The third kappa shape index (κ3) is 2.38. The first-order valence-electron chi connectivity index (χ1n) is 8.14. The van der Waals surface area contributed by atoms with Gasteiger partial charge in [0, 0.05) is 32.3 Å². The summed E-state index contributed by atoms with van der Waals surface area (Å²) in [4.78, 5) is 16.3. The van der Waals surface area contributed by atoms with Crippen molar-refractivity contribution in [3.8, 4) is 22.5 Å². The van der Waals surface area contributed by atoms with E-state index in [0.29, 0.717) is 6.54 Å². The molecule has 0 unspecified atom stereocenters. The first-order valence-corrected chi connectivity index (χ1v) is 8.14. The first kappa shape index (κ1) is 15.4. The molecular weight excluding hydrogens is 314 g/mol. The standard InChI is InChI=1S/C19H19N5O/c1-22(2)19(25)24-12-13-8-4-5-9-14(13)18-17(20-21-23(18)3)15-10-6-7-11-16(15)24/h4-11H,12H2,1-3H3. The molecule has 6 heteroatoms. The normalized spacial score (nSPS) is 12.5. The molecule has 6 nitrogen and oxygen atoms in total. The molecule has 1 aromatic heterocycles. The molecule has 4 rings (SSSR count). The van der Waals surface area contributed by atoms with E-state index in [1.54, 1.807) is 28.6 Å². The van der Waals surface area contributed by atoms with Crippen molar-refractivity contribution >= 4 is 11.7 Å². The number of hydrogen-bond acceptors (Lipinski definition) is 3. The lowest BCUT2D eigenvalue weighted by atomic mass is 9.96. The average molecular weight is 333 g/mol. The third-order valence-corrected chi connectivity index (χ3v) is 4.49. The van der Waals surface area contributed by atoms with Crippen molar-refractivity contribution in [3.05, 3.63) is 54.1 Å². The topological polar surface area (TPSA) is 54.3 Å². The van der Waals surface area contributed by atoms with Crippen LogP contribution < -0.4 is 4.90 Å². The number of para-hydroxylation sites is 1. The van der Waals surface area contributed by atoms with Gasteiger partial charge in [0.2, 0.25) is 0 Å². The van der Waals surface area contributed by atoms with Crippen molar-refractivity contribution in [1.29, 1.82) is 0 Å². The van der Waals surface area contributed by atoms with E-state index in [1.807, 2.05) is 43.4 Å². The number of benzene rings is 2. The maximum atomic E-state index is 12.9. The Morgan fingerprint density at radius 2 is 1.72 bits per heavy atom. The fourth-order valence-electron chi connectivity index (χ4n) is 3.31. The highest BCUT2D eigenvalue weighted by atomic mass is 16.2. The van der Waals surface area contributed by atoms with Crippen LogP contribution in [0.5, 0.6) is 0 Å². The average Bonchev–Trinajstić information content (AvgIpc) is 2.99. The number of rotatable bonds is 0. The summed E-state index contributed by atoms with van der Waals surface area (Å²) >= 11 is 0. The predicted octanol–water partition coefficient (Wildman–Crippen LogP) is 3.15. The van der Waals surface area contributed by atoms with Gasteiger partial charge in [0.1, 0.15) is 5.69 Å². The van der Waals surface area contributed by atoms with Gasteiger partial charge in [-0.15, -0.1) is 5.10 Å². The molecule has 0 spiro atoms. The maximum absolute atomic E-state index is 12.9. The molecule has 2 amide bonds. The summed E-state index contributed by atoms with van der Waals surface area (Å²) in [5.74, 6) is 0. The summed E-state index contributed by atoms with van der Waals surface area (Å²) < 4.78 is 1.80. The number of fused-ring (bicyclic) bond motifs is 5. The van der Waals surface area contributed by atoms with E-state index in [4.69, 9.17) is 0 Å². The number of carbonyl (C=O) groups excluding carboxylic acids is 1. The Labute approximate surface area is 146 Å². The molecule has 0 aliphatic carbocycles. The van der Waals surface area contributed by atoms with Gasteiger partial charge in [-0.05, 0) is 11.6 Å². The van der Waals surface area contributed by atoms with Crippen molar-refractivity contribution in [2.45, 2.75) is 6.54 Å². The van der Waals surface area contributed by atoms with E-state index in [2.05, 4.69) is 22.4 Å². The van der Waals surface area contributed by atoms with Gasteiger partial charge in [0.15, 0.2) is 0 Å². The van der Waals surface area contributed by atoms with Crippen LogP contribution in [0, 0.1) is 0 Å². The minimum Gasteiger partial charge on any atom is -0.330 e. The summed E-state index contributed by atoms with van der Waals surface area (Å²) in [6.45, 7) is 0.495. The zero-order valence-electron chi connectivity index (χ0n) is 14.5. The Morgan fingerprint density at radius 1 is 1.04 bits per heavy atom. The zero-order valence-corrected chi connectivity index (χ0v) is 14.5. The van der Waals surface area contributed by atoms with Crippen LogP contribution in [-0.4, -0.2) is 40.0 Å². The largest absolute Gasteiger partial charge is 0.330 e. The Kier molecular flexibility index (Phi) is 3.53. The highest BCUT2D eigenvalue weighted by Crippen LogP contribution is 2.40. The van der Waals surface area contributed by atoms with Gasteiger partial charge >= 0.3 is 6.03 Å². The molecule has 0 fully saturated rings. The summed E-state index contributed by atoms with van der Waals surface area (Å²) in [5, 5.41) is 8.64. The predicted molar refractivity (Wildman–Crippen MR) is 97.1 cm³/mol. The molecule has 0 N–H and O–H groups in total. The van der Waals surface area contributed by atoms with Gasteiger partial charge < -0.3 is 4.90 Å². The Bertz CT molecular complexity index is 960. The fourth-order valence-corrected chi connectivity index (χ4v) is 3.31. The second-order valence-corrected chi connectivity index (χ2v) is 6.35. The van der Waals surface area contributed by atoms with E-state index >= 15 is 0 Å². The van der Waals surface area contributed by atoms with Crippen molar-refractivity contribution in [1.82, 2.24) is 19.9 Å². The lowest BCUT2D eigenvalue weighted by molar-refractivity contribution is 0.223. The van der Waals surface area contributed by atoms with Crippen molar-refractivity contribution in [2.75, 3.05) is 19.0 Å². The van der Waals surface area contributed by atoms with Crippen LogP contribution in [0.3, 0.4) is 0 Å². The molecular formula is C19H19N5O. The fraction of sp³-hybridized carbons (Fsp3) is 0.211. The summed E-state index contributed by atoms with van der Waals surface area (Å²) in [6, 6.07) is 15.9. The molecule has 2 heterocycles. The molecule has 0 saturated heterocycles. The molecule has 2 aromatic carbocycles. The number of amides is 2. The lowest BCUT2D eigenvalue weighted by Crippen LogP contribution is -2.39. The first-order chi connectivity index (χ1) is 12.1. The van der Waals surface area contributed by atoms with Gasteiger partial charge in [-0.25, -0.2) is 9.48 Å². The highest BCUT2D eigenvalue weighted by Gasteiger charge is 2.28. The molecule has 0 atom stereocenters. The number of urea groups is 1. The summed E-state index contributed by atoms with van der Waals surface area (Å²) in [6.07, 6.45) is 0. The molecule has 1 aliphatic heterocycles. The van der Waals surface area contributed by atoms with Crippen LogP contribution in [-0.2, 0) is 13.6 Å². The van der Waals surface area contributed by atoms with E-state index < -0.39 is 0 Å². The highest BCUT2D eigenvalue weighted by molar-refractivity contribution is 5.99. The van der Waals surface area contributed by atoms with E-state index in [0.717, 1.165) is 33.8 Å². The molecule has 25 heavy (non-hydrogen) atoms. The second kappa shape index (κ2) is 5.73. The minimum absolute atomic E-state index is 0.0606. The van der Waals surface area contributed by atoms with Crippen LogP contribution in [0.25, 0.3) is 22.5 Å². The SMILES string of the molecule is CN(C)C(=O)N1Cc2ccccc2-c2c(nnn2C)-c2ccccc21. The minimum atomic E-state index is -0.0606. The van der Waals surface area contributed by atoms with Crippen LogP contribution in [0.2, 0.25) is 0 Å². The van der Waals surface area contributed by atoms with E-state index in [-0.39, 0.29) is 6.03 Å². The lowest BCUT2D eigenvalue weighted by Gasteiger charge is -2.30. The molecule has 0 radical (unpaired) electrons. The van der Waals surface area contributed by atoms with Crippen molar-refractivity contribution < 1.29 is 4.79 Å². The van der Waals surface area contributed by atoms with Crippen LogP contribution in [0.15, 0.2) is 48.5 Å². The van der Waals surface area contributed by atoms with Crippen molar-refractivity contribution in [3.63, 3.8) is 0 Å². The Hall–Kier alpha value is -3.15. The van der Waals surface area contributed by atoms with Gasteiger partial charge in [0.25, 0.3) is 0 Å². The van der Waals surface area contributed by atoms with Crippen LogP contribution in [0.1, 0.15) is 5.56 Å². The number of carbonyl (C=O) groups is 1. The third-order valence-electron chi connectivity index (χ3n) is 4.49. The molecule has 126 valence electrons. The zero-order chi connectivity index (χ0) is 17.6. The summed E-state index contributed by atoms with van der Waals surface area (Å²) in [5.41, 5.74) is 5.64. The second-order valence-electron chi connectivity index (χ2n) is 6.35. The number of hydrogen-bond donors (Lipinski definition) is 0. The molecule has 0 bridgehead atoms. The molecule has 1 aliphatic rings. The molecule has 0 saturated carbocycles. The summed E-state index contributed by atoms with van der Waals surface area (Å²) in [7, 11) is 5.43. The van der Waals surface area contributed by atoms with Gasteiger partial charge in [-0.2, -0.15) is 0 Å². The van der Waals surface area contributed by atoms with Crippen LogP contribution >= 0.6 is 0 Å². The van der Waals surface area contributed by atoms with E-state index in [9.17, 15) is 4.79 Å². The monoisotopic (exact) mass is 333 g/mol. The van der Waals surface area contributed by atoms with Gasteiger partial charge in [-0.1, -0.05) is 47.7 Å². The maximum Gasteiger partial charge on any atom is 0.324 e. The van der Waals surface area contributed by atoms with Crippen LogP contribution in [0.4, 0.5) is 10.5 Å². The number of aryl methyl sites for hydroxylation is 1. The Morgan fingerprint density at radius 3 is 2.48 bits per heavy atom. The number of nitrogens with zero attached hydrogens (tertiary/aromatic N) is 5. The smallest absolute Gasteiger partial charge is 0.324 e. The van der Waals surface area contributed by atoms with E-state index in [1.165, 1.54) is 0 Å². The number of aromatic nitrogens is 3. The van der Waals surface area contributed by atoms with Crippen molar-refractivity contribution in [2.24, 2.45) is 7.05 Å². The Balaban J connectivity index is 2.05. The quantitative estimate of drug-likeness (QED) is 0.635. The molecule has 3 aromatic rings. The number of anilines is 1. The van der Waals surface area contributed by atoms with Gasteiger partial charge in [0.05, 0.1) is 17.9 Å².